The predicted molar refractivity (Wildman–Crippen MR) is 64.6 cm³/mol. The second kappa shape index (κ2) is 7.25. The van der Waals surface area contributed by atoms with Gasteiger partial charge in [0.25, 0.3) is 0 Å². The van der Waals surface area contributed by atoms with E-state index >= 15 is 0 Å². The number of ketones is 1. The van der Waals surface area contributed by atoms with Crippen molar-refractivity contribution in [3.63, 3.8) is 0 Å². The van der Waals surface area contributed by atoms with Crippen molar-refractivity contribution in [2.45, 2.75) is 46.1 Å². The molecule has 0 spiro atoms. The zero-order valence-electron chi connectivity index (χ0n) is 10.2. The van der Waals surface area contributed by atoms with Crippen molar-refractivity contribution in [2.75, 3.05) is 6.54 Å². The van der Waals surface area contributed by atoms with E-state index in [0.717, 1.165) is 6.42 Å². The van der Waals surface area contributed by atoms with E-state index in [1.165, 1.54) is 0 Å². The first-order chi connectivity index (χ1) is 6.92. The van der Waals surface area contributed by atoms with Gasteiger partial charge in [0.1, 0.15) is 5.78 Å². The summed E-state index contributed by atoms with van der Waals surface area (Å²) in [6.07, 6.45) is 5.04. The molecule has 0 bridgehead atoms. The van der Waals surface area contributed by atoms with Gasteiger partial charge in [-0.15, -0.1) is 0 Å². The molecular weight excluding hydrogens is 186 g/mol. The molecule has 0 aliphatic rings. The molecule has 0 heterocycles. The lowest BCUT2D eigenvalue weighted by molar-refractivity contribution is -0.116. The first-order valence-electron chi connectivity index (χ1n) is 5.27. The SMILES string of the molecule is CC(=O)C/C=C\CC#CCNC(C)(C)C. The molecule has 0 saturated heterocycles. The Hall–Kier alpha value is -1.07. The van der Waals surface area contributed by atoms with Crippen molar-refractivity contribution < 1.29 is 4.79 Å². The van der Waals surface area contributed by atoms with Crippen LogP contribution in [0.5, 0.6) is 0 Å². The van der Waals surface area contributed by atoms with Crippen LogP contribution in [-0.4, -0.2) is 17.9 Å². The summed E-state index contributed by atoms with van der Waals surface area (Å²) in [4.78, 5) is 10.6. The minimum absolute atomic E-state index is 0.124. The molecule has 0 aliphatic heterocycles. The second-order valence-corrected chi connectivity index (χ2v) is 4.54. The van der Waals surface area contributed by atoms with Crippen molar-refractivity contribution in [3.8, 4) is 11.8 Å². The molecular formula is C13H21NO. The largest absolute Gasteiger partial charge is 0.301 e. The van der Waals surface area contributed by atoms with Gasteiger partial charge in [0, 0.05) is 18.4 Å². The molecule has 0 aliphatic carbocycles. The van der Waals surface area contributed by atoms with Crippen LogP contribution in [0, 0.1) is 11.8 Å². The van der Waals surface area contributed by atoms with Crippen LogP contribution in [0.2, 0.25) is 0 Å². The Morgan fingerprint density at radius 1 is 1.27 bits per heavy atom. The summed E-state index contributed by atoms with van der Waals surface area (Å²) in [7, 11) is 0. The standard InChI is InChI=1S/C13H21NO/c1-12(15)10-8-6-5-7-9-11-14-13(2,3)4/h6,8,14H,5,10-11H2,1-4H3/b8-6-. The van der Waals surface area contributed by atoms with Gasteiger partial charge in [-0.25, -0.2) is 0 Å². The second-order valence-electron chi connectivity index (χ2n) is 4.54. The quantitative estimate of drug-likeness (QED) is 0.566. The maximum atomic E-state index is 10.6. The van der Waals surface area contributed by atoms with Crippen LogP contribution in [0.4, 0.5) is 0 Å². The summed E-state index contributed by atoms with van der Waals surface area (Å²) in [5, 5.41) is 3.28. The van der Waals surface area contributed by atoms with Gasteiger partial charge >= 0.3 is 0 Å². The first kappa shape index (κ1) is 13.9. The average molecular weight is 207 g/mol. The van der Waals surface area contributed by atoms with Gasteiger partial charge in [-0.2, -0.15) is 0 Å². The van der Waals surface area contributed by atoms with Crippen molar-refractivity contribution in [1.29, 1.82) is 0 Å². The molecule has 0 aromatic carbocycles. The average Bonchev–Trinajstić information content (AvgIpc) is 2.07. The van der Waals surface area contributed by atoms with Crippen LogP contribution in [-0.2, 0) is 4.79 Å². The molecule has 15 heavy (non-hydrogen) atoms. The minimum Gasteiger partial charge on any atom is -0.301 e. The molecule has 0 aromatic heterocycles. The smallest absolute Gasteiger partial charge is 0.133 e. The Morgan fingerprint density at radius 2 is 1.93 bits per heavy atom. The summed E-state index contributed by atoms with van der Waals surface area (Å²) in [5.41, 5.74) is 0.124. The first-order valence-corrected chi connectivity index (χ1v) is 5.27. The predicted octanol–water partition coefficient (Wildman–Crippen LogP) is 2.30. The Balaban J connectivity index is 3.55. The molecule has 0 amide bonds. The highest BCUT2D eigenvalue weighted by molar-refractivity contribution is 5.76. The van der Waals surface area contributed by atoms with Crippen LogP contribution >= 0.6 is 0 Å². The molecule has 2 nitrogen and oxygen atoms in total. The Kier molecular flexibility index (Phi) is 6.73. The Labute approximate surface area is 93.1 Å². The lowest BCUT2D eigenvalue weighted by Crippen LogP contribution is -2.35. The maximum Gasteiger partial charge on any atom is 0.133 e. The summed E-state index contributed by atoms with van der Waals surface area (Å²) in [5.74, 6) is 6.24. The number of rotatable bonds is 4. The van der Waals surface area contributed by atoms with E-state index in [0.29, 0.717) is 13.0 Å². The Bertz CT molecular complexity index is 273. The highest BCUT2D eigenvalue weighted by atomic mass is 16.1. The van der Waals surface area contributed by atoms with E-state index in [4.69, 9.17) is 0 Å². The fourth-order valence-corrected chi connectivity index (χ4v) is 0.836. The highest BCUT2D eigenvalue weighted by Gasteiger charge is 2.05. The third-order valence-electron chi connectivity index (χ3n) is 1.62. The molecule has 0 radical (unpaired) electrons. The fraction of sp³-hybridized carbons (Fsp3) is 0.615. The third kappa shape index (κ3) is 12.9. The summed E-state index contributed by atoms with van der Waals surface area (Å²) >= 11 is 0. The minimum atomic E-state index is 0.124. The lowest BCUT2D eigenvalue weighted by atomic mass is 10.1. The van der Waals surface area contributed by atoms with Gasteiger partial charge in [-0.05, 0) is 27.7 Å². The zero-order chi connectivity index (χ0) is 11.7. The molecule has 2 heteroatoms. The summed E-state index contributed by atoms with van der Waals surface area (Å²) in [6.45, 7) is 8.64. The zero-order valence-corrected chi connectivity index (χ0v) is 10.2. The van der Waals surface area contributed by atoms with E-state index in [1.54, 1.807) is 6.92 Å². The van der Waals surface area contributed by atoms with Crippen molar-refractivity contribution in [1.82, 2.24) is 5.32 Å². The van der Waals surface area contributed by atoms with Gasteiger partial charge in [-0.1, -0.05) is 24.0 Å². The molecule has 0 saturated carbocycles. The molecule has 0 atom stereocenters. The molecule has 0 unspecified atom stereocenters. The maximum absolute atomic E-state index is 10.6. The number of carbonyl (C=O) groups excluding carboxylic acids is 1. The number of hydrogen-bond donors (Lipinski definition) is 1. The molecule has 0 aromatic rings. The van der Waals surface area contributed by atoms with Gasteiger partial charge in [0.2, 0.25) is 0 Å². The van der Waals surface area contributed by atoms with Crippen LogP contribution in [0.3, 0.4) is 0 Å². The number of hydrogen-bond acceptors (Lipinski definition) is 2. The number of Topliss-reactive ketones (excluding diaryl/α,β-unsaturated/α-hetero) is 1. The monoisotopic (exact) mass is 207 g/mol. The van der Waals surface area contributed by atoms with Crippen LogP contribution in [0.25, 0.3) is 0 Å². The van der Waals surface area contributed by atoms with E-state index in [2.05, 4.69) is 37.9 Å². The highest BCUT2D eigenvalue weighted by Crippen LogP contribution is 1.96. The van der Waals surface area contributed by atoms with E-state index in [9.17, 15) is 4.79 Å². The molecule has 0 rings (SSSR count). The van der Waals surface area contributed by atoms with Crippen molar-refractivity contribution in [3.05, 3.63) is 12.2 Å². The number of carbonyl (C=O) groups is 1. The molecule has 84 valence electrons. The van der Waals surface area contributed by atoms with Crippen LogP contribution in [0.1, 0.15) is 40.5 Å². The number of allylic oxidation sites excluding steroid dienone is 2. The summed E-state index contributed by atoms with van der Waals surface area (Å²) in [6, 6.07) is 0. The Morgan fingerprint density at radius 3 is 2.47 bits per heavy atom. The molecule has 0 fully saturated rings. The third-order valence-corrected chi connectivity index (χ3v) is 1.62. The van der Waals surface area contributed by atoms with Gasteiger partial charge in [0.05, 0.1) is 6.54 Å². The normalized spacial score (nSPS) is 11.2. The molecule has 1 N–H and O–H groups in total. The van der Waals surface area contributed by atoms with Gasteiger partial charge in [0.15, 0.2) is 0 Å². The van der Waals surface area contributed by atoms with Gasteiger partial charge in [-0.3, -0.25) is 4.79 Å². The van der Waals surface area contributed by atoms with E-state index < -0.39 is 0 Å². The van der Waals surface area contributed by atoms with Gasteiger partial charge < -0.3 is 5.32 Å². The number of nitrogens with one attached hydrogen (secondary N) is 1. The van der Waals surface area contributed by atoms with Crippen LogP contribution < -0.4 is 5.32 Å². The van der Waals surface area contributed by atoms with Crippen molar-refractivity contribution >= 4 is 5.78 Å². The summed E-state index contributed by atoms with van der Waals surface area (Å²) < 4.78 is 0. The van der Waals surface area contributed by atoms with Crippen LogP contribution in [0.15, 0.2) is 12.2 Å². The topological polar surface area (TPSA) is 29.1 Å². The van der Waals surface area contributed by atoms with E-state index in [-0.39, 0.29) is 11.3 Å². The fourth-order valence-electron chi connectivity index (χ4n) is 0.836. The van der Waals surface area contributed by atoms with Crippen molar-refractivity contribution in [2.24, 2.45) is 0 Å². The van der Waals surface area contributed by atoms with E-state index in [1.807, 2.05) is 12.2 Å². The lowest BCUT2D eigenvalue weighted by Gasteiger charge is -2.17.